The summed E-state index contributed by atoms with van der Waals surface area (Å²) >= 11 is 1.54. The first-order chi connectivity index (χ1) is 16.7. The van der Waals surface area contributed by atoms with Gasteiger partial charge in [0.2, 0.25) is 11.8 Å². The van der Waals surface area contributed by atoms with Gasteiger partial charge in [-0.05, 0) is 42.5 Å². The summed E-state index contributed by atoms with van der Waals surface area (Å²) in [4.78, 5) is 34.5. The summed E-state index contributed by atoms with van der Waals surface area (Å²) in [6, 6.07) is 16.3. The second kappa shape index (κ2) is 11.8. The van der Waals surface area contributed by atoms with E-state index in [-0.39, 0.29) is 30.8 Å². The molecule has 2 heterocycles. The summed E-state index contributed by atoms with van der Waals surface area (Å²) in [5, 5.41) is 5.18. The molecule has 2 aromatic heterocycles. The maximum atomic E-state index is 13.7. The minimum absolute atomic E-state index is 0.122. The summed E-state index contributed by atoms with van der Waals surface area (Å²) in [6.07, 6.45) is 7.26. The quantitative estimate of drug-likeness (QED) is 0.475. The molecule has 1 atom stereocenters. The Morgan fingerprint density at radius 3 is 2.59 bits per heavy atom. The van der Waals surface area contributed by atoms with Crippen LogP contribution in [0, 0.1) is 0 Å². The van der Waals surface area contributed by atoms with Crippen LogP contribution in [-0.4, -0.2) is 34.8 Å². The second-order valence-electron chi connectivity index (χ2n) is 8.59. The van der Waals surface area contributed by atoms with Crippen LogP contribution in [0.1, 0.15) is 54.3 Å². The number of benzene rings is 1. The van der Waals surface area contributed by atoms with Gasteiger partial charge in [0.1, 0.15) is 5.75 Å². The molecule has 1 saturated carbocycles. The molecule has 3 aromatic rings. The molecule has 1 fully saturated rings. The zero-order valence-corrected chi connectivity index (χ0v) is 20.3. The lowest BCUT2D eigenvalue weighted by Crippen LogP contribution is -2.47. The van der Waals surface area contributed by atoms with Crippen molar-refractivity contribution in [2.24, 2.45) is 0 Å². The Hall–Kier alpha value is -3.19. The van der Waals surface area contributed by atoms with Gasteiger partial charge < -0.3 is 15.0 Å². The first-order valence-electron chi connectivity index (χ1n) is 11.8. The van der Waals surface area contributed by atoms with Crippen LogP contribution in [0.2, 0.25) is 0 Å². The first kappa shape index (κ1) is 24.0. The molecular weight excluding hydrogens is 446 g/mol. The van der Waals surface area contributed by atoms with Crippen LogP contribution >= 0.6 is 11.3 Å². The number of para-hydroxylation sites is 1. The van der Waals surface area contributed by atoms with Crippen molar-refractivity contribution < 1.29 is 14.3 Å². The minimum Gasteiger partial charge on any atom is -0.496 e. The Labute approximate surface area is 205 Å². The molecule has 0 radical (unpaired) electrons. The topological polar surface area (TPSA) is 71.5 Å². The van der Waals surface area contributed by atoms with Crippen molar-refractivity contribution in [1.82, 2.24) is 15.2 Å². The predicted molar refractivity (Wildman–Crippen MR) is 134 cm³/mol. The molecular formula is C27H31N3O3S. The molecule has 1 aliphatic rings. The van der Waals surface area contributed by atoms with E-state index >= 15 is 0 Å². The SMILES string of the molecule is COc1ccccc1CN(C(=O)Cc1cccs1)C(C(=O)NC1CCCCC1)c1ccccn1. The normalized spacial score (nSPS) is 14.9. The minimum atomic E-state index is -0.833. The number of hydrogen-bond donors (Lipinski definition) is 1. The summed E-state index contributed by atoms with van der Waals surface area (Å²) in [5.74, 6) is 0.381. The van der Waals surface area contributed by atoms with Crippen LogP contribution in [0.5, 0.6) is 5.75 Å². The molecule has 1 aliphatic carbocycles. The van der Waals surface area contributed by atoms with E-state index in [1.807, 2.05) is 60.0 Å². The molecule has 4 rings (SSSR count). The number of hydrogen-bond acceptors (Lipinski definition) is 5. The van der Waals surface area contributed by atoms with Crippen molar-refractivity contribution in [2.45, 2.75) is 57.2 Å². The highest BCUT2D eigenvalue weighted by atomic mass is 32.1. The molecule has 0 spiro atoms. The first-order valence-corrected chi connectivity index (χ1v) is 12.7. The van der Waals surface area contributed by atoms with Gasteiger partial charge in [0, 0.05) is 22.7 Å². The number of pyridine rings is 1. The second-order valence-corrected chi connectivity index (χ2v) is 9.62. The number of nitrogens with zero attached hydrogens (tertiary/aromatic N) is 2. The number of carbonyl (C=O) groups excluding carboxylic acids is 2. The molecule has 1 aromatic carbocycles. The number of ether oxygens (including phenoxy) is 1. The van der Waals surface area contributed by atoms with E-state index in [0.29, 0.717) is 11.4 Å². The number of carbonyl (C=O) groups is 2. The van der Waals surface area contributed by atoms with Gasteiger partial charge in [0.15, 0.2) is 6.04 Å². The molecule has 0 aliphatic heterocycles. The summed E-state index contributed by atoms with van der Waals surface area (Å²) < 4.78 is 5.55. The Balaban J connectivity index is 1.69. The van der Waals surface area contributed by atoms with Crippen molar-refractivity contribution in [3.63, 3.8) is 0 Å². The number of aromatic nitrogens is 1. The van der Waals surface area contributed by atoms with Gasteiger partial charge >= 0.3 is 0 Å². The molecule has 1 N–H and O–H groups in total. The van der Waals surface area contributed by atoms with Gasteiger partial charge in [0.05, 0.1) is 25.8 Å². The lowest BCUT2D eigenvalue weighted by molar-refractivity contribution is -0.141. The van der Waals surface area contributed by atoms with E-state index in [1.165, 1.54) is 17.8 Å². The van der Waals surface area contributed by atoms with E-state index in [0.717, 1.165) is 36.1 Å². The highest BCUT2D eigenvalue weighted by Gasteiger charge is 2.34. The third-order valence-electron chi connectivity index (χ3n) is 6.24. The van der Waals surface area contributed by atoms with Gasteiger partial charge in [0.25, 0.3) is 0 Å². The fourth-order valence-electron chi connectivity index (χ4n) is 4.50. The third kappa shape index (κ3) is 6.03. The molecule has 6 nitrogen and oxygen atoms in total. The zero-order chi connectivity index (χ0) is 23.8. The van der Waals surface area contributed by atoms with E-state index in [2.05, 4.69) is 10.3 Å². The maximum Gasteiger partial charge on any atom is 0.249 e. The summed E-state index contributed by atoms with van der Waals surface area (Å²) in [6.45, 7) is 0.244. The van der Waals surface area contributed by atoms with Crippen molar-refractivity contribution in [3.05, 3.63) is 82.3 Å². The molecule has 178 valence electrons. The predicted octanol–water partition coefficient (Wildman–Crippen LogP) is 4.91. The van der Waals surface area contributed by atoms with Crippen LogP contribution < -0.4 is 10.1 Å². The lowest BCUT2D eigenvalue weighted by Gasteiger charge is -2.33. The molecule has 1 unspecified atom stereocenters. The third-order valence-corrected chi connectivity index (χ3v) is 7.12. The Morgan fingerprint density at radius 1 is 1.09 bits per heavy atom. The van der Waals surface area contributed by atoms with E-state index in [9.17, 15) is 9.59 Å². The number of methoxy groups -OCH3 is 1. The highest BCUT2D eigenvalue weighted by molar-refractivity contribution is 7.10. The monoisotopic (exact) mass is 477 g/mol. The largest absolute Gasteiger partial charge is 0.496 e. The number of rotatable bonds is 9. The van der Waals surface area contributed by atoms with E-state index in [1.54, 1.807) is 18.2 Å². The van der Waals surface area contributed by atoms with Gasteiger partial charge in [-0.25, -0.2) is 0 Å². The number of thiophene rings is 1. The molecule has 0 bridgehead atoms. The Kier molecular flexibility index (Phi) is 8.31. The average Bonchev–Trinajstić information content (AvgIpc) is 3.38. The molecule has 0 saturated heterocycles. The van der Waals surface area contributed by atoms with Gasteiger partial charge in [-0.3, -0.25) is 14.6 Å². The van der Waals surface area contributed by atoms with Crippen molar-refractivity contribution in [1.29, 1.82) is 0 Å². The summed E-state index contributed by atoms with van der Waals surface area (Å²) in [7, 11) is 1.61. The van der Waals surface area contributed by atoms with E-state index < -0.39 is 6.04 Å². The standard InChI is InChI=1S/C27H31N3O3S/c1-33-24-15-6-5-10-20(24)19-30(25(31)18-22-13-9-17-34-22)26(23-14-7-8-16-28-23)27(32)29-21-11-3-2-4-12-21/h5-10,13-17,21,26H,2-4,11-12,18-19H2,1H3,(H,29,32). The highest BCUT2D eigenvalue weighted by Crippen LogP contribution is 2.28. The van der Waals surface area contributed by atoms with E-state index in [4.69, 9.17) is 4.74 Å². The van der Waals surface area contributed by atoms with Crippen LogP contribution in [0.3, 0.4) is 0 Å². The van der Waals surface area contributed by atoms with Crippen molar-refractivity contribution in [2.75, 3.05) is 7.11 Å². The van der Waals surface area contributed by atoms with Crippen LogP contribution in [-0.2, 0) is 22.6 Å². The average molecular weight is 478 g/mol. The van der Waals surface area contributed by atoms with Gasteiger partial charge in [-0.1, -0.05) is 49.6 Å². The maximum absolute atomic E-state index is 13.7. The van der Waals surface area contributed by atoms with Crippen LogP contribution in [0.4, 0.5) is 0 Å². The lowest BCUT2D eigenvalue weighted by atomic mass is 9.95. The number of amides is 2. The van der Waals surface area contributed by atoms with Crippen LogP contribution in [0.15, 0.2) is 66.2 Å². The van der Waals surface area contributed by atoms with Crippen LogP contribution in [0.25, 0.3) is 0 Å². The van der Waals surface area contributed by atoms with Crippen molar-refractivity contribution >= 4 is 23.2 Å². The molecule has 34 heavy (non-hydrogen) atoms. The molecule has 2 amide bonds. The molecule has 7 heteroatoms. The van der Waals surface area contributed by atoms with Crippen molar-refractivity contribution in [3.8, 4) is 5.75 Å². The number of nitrogens with one attached hydrogen (secondary N) is 1. The van der Waals surface area contributed by atoms with Gasteiger partial charge in [-0.15, -0.1) is 11.3 Å². The Morgan fingerprint density at radius 2 is 1.88 bits per heavy atom. The zero-order valence-electron chi connectivity index (χ0n) is 19.5. The fraction of sp³-hybridized carbons (Fsp3) is 0.370. The Bertz CT molecular complexity index is 1070. The summed E-state index contributed by atoms with van der Waals surface area (Å²) in [5.41, 5.74) is 1.40. The fourth-order valence-corrected chi connectivity index (χ4v) is 5.20. The van der Waals surface area contributed by atoms with Gasteiger partial charge in [-0.2, -0.15) is 0 Å². The smallest absolute Gasteiger partial charge is 0.249 e.